The fraction of sp³-hybridized carbons (Fsp3) is 0.667. The number of rotatable bonds is 0. The van der Waals surface area contributed by atoms with E-state index in [0.717, 1.165) is 13.0 Å². The molecule has 1 saturated heterocycles. The van der Waals surface area contributed by atoms with Crippen LogP contribution in [-0.4, -0.2) is 23.2 Å². The number of carbonyl (C=O) groups excluding carboxylic acids is 1. The van der Waals surface area contributed by atoms with E-state index in [1.54, 1.807) is 6.92 Å². The Bertz CT molecular complexity index is 153. The average Bonchev–Trinajstić information content (AvgIpc) is 2.13. The van der Waals surface area contributed by atoms with Crippen LogP contribution in [0.4, 0.5) is 0 Å². The minimum absolute atomic E-state index is 0.0995. The maximum Gasteiger partial charge on any atom is 0.227 e. The molecule has 1 heterocycles. The van der Waals surface area contributed by atoms with Crippen molar-refractivity contribution in [3.8, 4) is 0 Å². The molecular weight excluding hydrogens is 116 g/mol. The van der Waals surface area contributed by atoms with E-state index in [1.165, 1.54) is 4.90 Å². The van der Waals surface area contributed by atoms with E-state index in [-0.39, 0.29) is 5.91 Å². The van der Waals surface area contributed by atoms with Crippen molar-refractivity contribution in [3.63, 3.8) is 0 Å². The van der Waals surface area contributed by atoms with Gasteiger partial charge in [0.2, 0.25) is 5.91 Å². The van der Waals surface area contributed by atoms with Gasteiger partial charge in [0.05, 0.1) is 5.84 Å². The maximum atomic E-state index is 10.8. The zero-order valence-corrected chi connectivity index (χ0v) is 5.48. The van der Waals surface area contributed by atoms with E-state index in [1.807, 2.05) is 0 Å². The van der Waals surface area contributed by atoms with Crippen LogP contribution in [0.3, 0.4) is 0 Å². The van der Waals surface area contributed by atoms with Crippen molar-refractivity contribution in [1.29, 1.82) is 5.41 Å². The molecule has 0 aromatic carbocycles. The van der Waals surface area contributed by atoms with Gasteiger partial charge in [0, 0.05) is 13.0 Å². The molecule has 0 bridgehead atoms. The molecule has 1 N–H and O–H groups in total. The Morgan fingerprint density at radius 1 is 1.78 bits per heavy atom. The summed E-state index contributed by atoms with van der Waals surface area (Å²) in [6, 6.07) is 0. The summed E-state index contributed by atoms with van der Waals surface area (Å²) >= 11 is 0. The molecule has 0 spiro atoms. The van der Waals surface area contributed by atoms with E-state index in [0.29, 0.717) is 12.3 Å². The van der Waals surface area contributed by atoms with E-state index in [2.05, 4.69) is 0 Å². The summed E-state index contributed by atoms with van der Waals surface area (Å²) < 4.78 is 0. The monoisotopic (exact) mass is 126 g/mol. The molecule has 1 aliphatic heterocycles. The normalized spacial score (nSPS) is 18.8. The van der Waals surface area contributed by atoms with Crippen molar-refractivity contribution in [3.05, 3.63) is 0 Å². The average molecular weight is 126 g/mol. The van der Waals surface area contributed by atoms with Crippen LogP contribution in [0.5, 0.6) is 0 Å². The lowest BCUT2D eigenvalue weighted by molar-refractivity contribution is -0.124. The van der Waals surface area contributed by atoms with Gasteiger partial charge in [-0.25, -0.2) is 0 Å². The second-order valence-corrected chi connectivity index (χ2v) is 2.23. The summed E-state index contributed by atoms with van der Waals surface area (Å²) in [6.45, 7) is 2.39. The highest BCUT2D eigenvalue weighted by Gasteiger charge is 2.20. The molecule has 0 atom stereocenters. The number of amides is 1. The highest BCUT2D eigenvalue weighted by molar-refractivity contribution is 5.96. The zero-order valence-electron chi connectivity index (χ0n) is 5.48. The number of carbonyl (C=O) groups is 1. The molecule has 1 aliphatic rings. The van der Waals surface area contributed by atoms with Gasteiger partial charge in [0.15, 0.2) is 0 Å². The predicted molar refractivity (Wildman–Crippen MR) is 34.3 cm³/mol. The molecule has 0 aromatic heterocycles. The quantitative estimate of drug-likeness (QED) is 0.375. The molecule has 1 rings (SSSR count). The first-order valence-electron chi connectivity index (χ1n) is 3.07. The summed E-state index contributed by atoms with van der Waals surface area (Å²) in [5, 5.41) is 7.13. The molecule has 50 valence electrons. The Hall–Kier alpha value is -0.860. The Balaban J connectivity index is 2.60. The van der Waals surface area contributed by atoms with E-state index < -0.39 is 0 Å². The number of nitrogens with zero attached hydrogens (tertiary/aromatic N) is 1. The highest BCUT2D eigenvalue weighted by atomic mass is 16.2. The molecule has 3 heteroatoms. The first-order chi connectivity index (χ1) is 4.22. The molecule has 9 heavy (non-hydrogen) atoms. The minimum atomic E-state index is 0.0995. The van der Waals surface area contributed by atoms with Gasteiger partial charge in [-0.1, -0.05) is 0 Å². The lowest BCUT2D eigenvalue weighted by Crippen LogP contribution is -2.28. The number of hydrogen-bond acceptors (Lipinski definition) is 2. The molecule has 3 nitrogen and oxygen atoms in total. The summed E-state index contributed by atoms with van der Waals surface area (Å²) in [5.41, 5.74) is 0. The second-order valence-electron chi connectivity index (χ2n) is 2.23. The van der Waals surface area contributed by atoms with Crippen LogP contribution < -0.4 is 0 Å². The van der Waals surface area contributed by atoms with Gasteiger partial charge < -0.3 is 4.90 Å². The fourth-order valence-electron chi connectivity index (χ4n) is 1.00. The molecule has 0 aromatic rings. The standard InChI is InChI=1S/C6H10N2O/c1-5(7)8-4-2-3-6(8)9/h7H,2-4H2,1H3. The van der Waals surface area contributed by atoms with Crippen LogP contribution in [0.1, 0.15) is 19.8 Å². The summed E-state index contributed by atoms with van der Waals surface area (Å²) in [4.78, 5) is 12.3. The molecule has 1 fully saturated rings. The number of hydrogen-bond donors (Lipinski definition) is 1. The second kappa shape index (κ2) is 2.17. The van der Waals surface area contributed by atoms with Crippen molar-refractivity contribution < 1.29 is 4.79 Å². The van der Waals surface area contributed by atoms with Crippen molar-refractivity contribution in [2.75, 3.05) is 6.54 Å². The largest absolute Gasteiger partial charge is 0.301 e. The van der Waals surface area contributed by atoms with Crippen LogP contribution >= 0.6 is 0 Å². The van der Waals surface area contributed by atoms with Gasteiger partial charge in [-0.05, 0) is 13.3 Å². The van der Waals surface area contributed by atoms with Crippen LogP contribution in [0.25, 0.3) is 0 Å². The minimum Gasteiger partial charge on any atom is -0.301 e. The van der Waals surface area contributed by atoms with Crippen LogP contribution in [0, 0.1) is 5.41 Å². The van der Waals surface area contributed by atoms with Crippen LogP contribution in [0.2, 0.25) is 0 Å². The Labute approximate surface area is 54.2 Å². The Kier molecular flexibility index (Phi) is 1.51. The van der Waals surface area contributed by atoms with E-state index in [9.17, 15) is 4.79 Å². The summed E-state index contributed by atoms with van der Waals surface area (Å²) in [5.74, 6) is 0.472. The van der Waals surface area contributed by atoms with E-state index >= 15 is 0 Å². The molecule has 0 saturated carbocycles. The molecular formula is C6H10N2O. The smallest absolute Gasteiger partial charge is 0.227 e. The maximum absolute atomic E-state index is 10.8. The van der Waals surface area contributed by atoms with Crippen molar-refractivity contribution in [2.24, 2.45) is 0 Å². The van der Waals surface area contributed by atoms with Crippen molar-refractivity contribution in [2.45, 2.75) is 19.8 Å². The zero-order chi connectivity index (χ0) is 6.85. The van der Waals surface area contributed by atoms with Gasteiger partial charge in [-0.3, -0.25) is 10.2 Å². The summed E-state index contributed by atoms with van der Waals surface area (Å²) in [6.07, 6.45) is 1.53. The van der Waals surface area contributed by atoms with E-state index in [4.69, 9.17) is 5.41 Å². The van der Waals surface area contributed by atoms with Gasteiger partial charge in [0.25, 0.3) is 0 Å². The van der Waals surface area contributed by atoms with Gasteiger partial charge in [0.1, 0.15) is 0 Å². The van der Waals surface area contributed by atoms with Gasteiger partial charge >= 0.3 is 0 Å². The lowest BCUT2D eigenvalue weighted by Gasteiger charge is -2.11. The third-order valence-electron chi connectivity index (χ3n) is 1.48. The van der Waals surface area contributed by atoms with Gasteiger partial charge in [-0.15, -0.1) is 0 Å². The molecule has 0 aliphatic carbocycles. The number of nitrogens with one attached hydrogen (secondary N) is 1. The lowest BCUT2D eigenvalue weighted by atomic mass is 10.4. The highest BCUT2D eigenvalue weighted by Crippen LogP contribution is 2.08. The van der Waals surface area contributed by atoms with Crippen LogP contribution in [0.15, 0.2) is 0 Å². The van der Waals surface area contributed by atoms with Gasteiger partial charge in [-0.2, -0.15) is 0 Å². The van der Waals surface area contributed by atoms with Crippen LogP contribution in [-0.2, 0) is 4.79 Å². The molecule has 0 radical (unpaired) electrons. The molecule has 0 unspecified atom stereocenters. The fourth-order valence-corrected chi connectivity index (χ4v) is 1.00. The first-order valence-corrected chi connectivity index (χ1v) is 3.07. The SMILES string of the molecule is CC(=N)N1CCCC1=O. The van der Waals surface area contributed by atoms with Crippen molar-refractivity contribution >= 4 is 11.7 Å². The topological polar surface area (TPSA) is 44.2 Å². The first kappa shape index (κ1) is 6.26. The third kappa shape index (κ3) is 1.09. The predicted octanol–water partition coefficient (Wildman–Crippen LogP) is 0.606. The summed E-state index contributed by atoms with van der Waals surface area (Å²) in [7, 11) is 0. The molecule has 1 amide bonds. The number of likely N-dealkylation sites (tertiary alicyclic amines) is 1. The van der Waals surface area contributed by atoms with Crippen molar-refractivity contribution in [1.82, 2.24) is 4.90 Å². The Morgan fingerprint density at radius 2 is 2.44 bits per heavy atom. The Morgan fingerprint density at radius 3 is 2.67 bits per heavy atom. The third-order valence-corrected chi connectivity index (χ3v) is 1.48. The number of amidine groups is 1.